The van der Waals surface area contributed by atoms with Crippen molar-refractivity contribution in [2.45, 2.75) is 6.10 Å². The van der Waals surface area contributed by atoms with Crippen LogP contribution in [0, 0.1) is 10.1 Å². The van der Waals surface area contributed by atoms with Gasteiger partial charge in [0.2, 0.25) is 5.78 Å². The maximum absolute atomic E-state index is 13.0. The Morgan fingerprint density at radius 3 is 2.17 bits per heavy atom. The van der Waals surface area contributed by atoms with E-state index in [1.54, 1.807) is 54.6 Å². The van der Waals surface area contributed by atoms with Crippen molar-refractivity contribution in [1.29, 1.82) is 0 Å². The van der Waals surface area contributed by atoms with Crippen LogP contribution in [0.15, 0.2) is 72.8 Å². The van der Waals surface area contributed by atoms with E-state index in [1.165, 1.54) is 6.07 Å². The van der Waals surface area contributed by atoms with Crippen molar-refractivity contribution >= 4 is 40.6 Å². The number of ether oxygens (including phenoxy) is 1. The normalized spacial score (nSPS) is 11.5. The van der Waals surface area contributed by atoms with E-state index in [-0.39, 0.29) is 16.3 Å². The van der Waals surface area contributed by atoms with Gasteiger partial charge < -0.3 is 4.74 Å². The Morgan fingerprint density at radius 1 is 0.931 bits per heavy atom. The van der Waals surface area contributed by atoms with Crippen LogP contribution in [0.2, 0.25) is 10.0 Å². The highest BCUT2D eigenvalue weighted by Crippen LogP contribution is 2.28. The summed E-state index contributed by atoms with van der Waals surface area (Å²) in [4.78, 5) is 35.9. The van der Waals surface area contributed by atoms with Crippen molar-refractivity contribution < 1.29 is 19.2 Å². The van der Waals surface area contributed by atoms with Crippen LogP contribution in [0.3, 0.4) is 0 Å². The lowest BCUT2D eigenvalue weighted by Crippen LogP contribution is -2.20. The van der Waals surface area contributed by atoms with Gasteiger partial charge in [-0.25, -0.2) is 4.79 Å². The second-order valence-corrected chi connectivity index (χ2v) is 6.83. The van der Waals surface area contributed by atoms with E-state index in [1.807, 2.05) is 0 Å². The smallest absolute Gasteiger partial charge is 0.340 e. The Balaban J connectivity index is 1.94. The molecule has 0 aliphatic rings. The quantitative estimate of drug-likeness (QED) is 0.217. The monoisotopic (exact) mass is 429 g/mol. The number of nitro groups is 1. The van der Waals surface area contributed by atoms with Crippen LogP contribution in [0.1, 0.15) is 32.4 Å². The summed E-state index contributed by atoms with van der Waals surface area (Å²) >= 11 is 11.9. The number of carbonyl (C=O) groups is 2. The minimum Gasteiger partial charge on any atom is -0.445 e. The molecule has 0 fully saturated rings. The van der Waals surface area contributed by atoms with Gasteiger partial charge >= 0.3 is 5.97 Å². The minimum absolute atomic E-state index is 0.0860. The number of rotatable bonds is 6. The summed E-state index contributed by atoms with van der Waals surface area (Å²) in [6.45, 7) is 0. The van der Waals surface area contributed by atoms with E-state index < -0.39 is 22.8 Å². The molecule has 0 amide bonds. The molecule has 0 radical (unpaired) electrons. The van der Waals surface area contributed by atoms with Gasteiger partial charge in [0.1, 0.15) is 0 Å². The van der Waals surface area contributed by atoms with Crippen LogP contribution < -0.4 is 0 Å². The lowest BCUT2D eigenvalue weighted by atomic mass is 9.99. The van der Waals surface area contributed by atoms with E-state index in [0.29, 0.717) is 16.1 Å². The largest absolute Gasteiger partial charge is 0.445 e. The number of esters is 1. The molecular formula is C21H13Cl2NO5. The van der Waals surface area contributed by atoms with Gasteiger partial charge in [0.25, 0.3) is 5.69 Å². The van der Waals surface area contributed by atoms with Crippen molar-refractivity contribution in [3.63, 3.8) is 0 Å². The summed E-state index contributed by atoms with van der Waals surface area (Å²) in [6, 6.07) is 18.1. The van der Waals surface area contributed by atoms with E-state index in [2.05, 4.69) is 0 Å². The fourth-order valence-corrected chi connectivity index (χ4v) is 3.00. The Kier molecular flexibility index (Phi) is 6.26. The molecule has 0 saturated carbocycles. The predicted molar refractivity (Wildman–Crippen MR) is 108 cm³/mol. The maximum atomic E-state index is 13.0. The van der Waals surface area contributed by atoms with E-state index >= 15 is 0 Å². The highest BCUT2D eigenvalue weighted by Gasteiger charge is 2.28. The van der Waals surface area contributed by atoms with Crippen molar-refractivity contribution in [2.75, 3.05) is 0 Å². The third kappa shape index (κ3) is 4.80. The zero-order valence-corrected chi connectivity index (χ0v) is 16.3. The first-order chi connectivity index (χ1) is 13.9. The lowest BCUT2D eigenvalue weighted by Gasteiger charge is -2.18. The van der Waals surface area contributed by atoms with E-state index in [0.717, 1.165) is 12.1 Å². The molecule has 3 rings (SSSR count). The summed E-state index contributed by atoms with van der Waals surface area (Å²) in [5.41, 5.74) is 0.433. The summed E-state index contributed by atoms with van der Waals surface area (Å²) in [5.74, 6) is -1.31. The summed E-state index contributed by atoms with van der Waals surface area (Å²) in [6.07, 6.45) is -1.24. The molecule has 0 N–H and O–H groups in total. The molecule has 0 aliphatic carbocycles. The molecule has 0 heterocycles. The molecule has 29 heavy (non-hydrogen) atoms. The molecule has 3 aromatic rings. The van der Waals surface area contributed by atoms with Crippen LogP contribution in [-0.4, -0.2) is 16.7 Å². The van der Waals surface area contributed by atoms with Crippen LogP contribution in [0.4, 0.5) is 5.69 Å². The topological polar surface area (TPSA) is 86.5 Å². The van der Waals surface area contributed by atoms with Gasteiger partial charge in [0, 0.05) is 28.3 Å². The SMILES string of the molecule is O=C(O[C@H](C(=O)c1ccccc1)c1ccc(Cl)cc1)c1ccc([N+](=O)[O-])cc1Cl. The standard InChI is InChI=1S/C21H13Cl2NO5/c22-15-8-6-14(7-9-15)20(19(25)13-4-2-1-3-5-13)29-21(26)17-11-10-16(24(27)28)12-18(17)23/h1-12,20H/t20-/m0/s1. The molecule has 8 heteroatoms. The van der Waals surface area contributed by atoms with Gasteiger partial charge in [-0.05, 0) is 18.2 Å². The Morgan fingerprint density at radius 2 is 1.59 bits per heavy atom. The van der Waals surface area contributed by atoms with Crippen LogP contribution in [0.5, 0.6) is 0 Å². The molecule has 0 saturated heterocycles. The third-order valence-corrected chi connectivity index (χ3v) is 4.64. The molecule has 0 bridgehead atoms. The van der Waals surface area contributed by atoms with Crippen LogP contribution in [0.25, 0.3) is 0 Å². The molecule has 1 atom stereocenters. The zero-order chi connectivity index (χ0) is 21.0. The number of nitrogens with zero attached hydrogens (tertiary/aromatic N) is 1. The first-order valence-corrected chi connectivity index (χ1v) is 9.12. The van der Waals surface area contributed by atoms with Gasteiger partial charge in [-0.2, -0.15) is 0 Å². The van der Waals surface area contributed by atoms with E-state index in [9.17, 15) is 19.7 Å². The predicted octanol–water partition coefficient (Wildman–Crippen LogP) is 5.68. The summed E-state index contributed by atoms with van der Waals surface area (Å²) in [5, 5.41) is 11.2. The Labute approximate surface area is 175 Å². The molecular weight excluding hydrogens is 417 g/mol. The average Bonchev–Trinajstić information content (AvgIpc) is 2.72. The van der Waals surface area contributed by atoms with Crippen molar-refractivity contribution in [1.82, 2.24) is 0 Å². The van der Waals surface area contributed by atoms with Crippen molar-refractivity contribution in [3.05, 3.63) is 110 Å². The molecule has 0 unspecified atom stereocenters. The van der Waals surface area contributed by atoms with Gasteiger partial charge in [-0.1, -0.05) is 65.7 Å². The maximum Gasteiger partial charge on any atom is 0.340 e. The second kappa shape index (κ2) is 8.86. The number of ketones is 1. The fraction of sp³-hybridized carbons (Fsp3) is 0.0476. The molecule has 146 valence electrons. The summed E-state index contributed by atoms with van der Waals surface area (Å²) < 4.78 is 5.47. The second-order valence-electron chi connectivity index (χ2n) is 5.99. The first kappa shape index (κ1) is 20.5. The molecule has 0 aromatic heterocycles. The van der Waals surface area contributed by atoms with Crippen molar-refractivity contribution in [3.8, 4) is 0 Å². The highest BCUT2D eigenvalue weighted by atomic mass is 35.5. The number of nitro benzene ring substituents is 1. The average molecular weight is 430 g/mol. The van der Waals surface area contributed by atoms with Crippen LogP contribution in [-0.2, 0) is 4.74 Å². The zero-order valence-electron chi connectivity index (χ0n) is 14.7. The summed E-state index contributed by atoms with van der Waals surface area (Å²) in [7, 11) is 0. The van der Waals surface area contributed by atoms with E-state index in [4.69, 9.17) is 27.9 Å². The number of hydrogen-bond acceptors (Lipinski definition) is 5. The number of carbonyl (C=O) groups excluding carboxylic acids is 2. The number of hydrogen-bond donors (Lipinski definition) is 0. The van der Waals surface area contributed by atoms with Gasteiger partial charge in [-0.3, -0.25) is 14.9 Å². The molecule has 0 aliphatic heterocycles. The fourth-order valence-electron chi connectivity index (χ4n) is 2.62. The van der Waals surface area contributed by atoms with Crippen molar-refractivity contribution in [2.24, 2.45) is 0 Å². The van der Waals surface area contributed by atoms with Crippen LogP contribution >= 0.6 is 23.2 Å². The number of benzene rings is 3. The Bertz CT molecular complexity index is 1070. The first-order valence-electron chi connectivity index (χ1n) is 8.36. The molecule has 0 spiro atoms. The molecule has 3 aromatic carbocycles. The highest BCUT2D eigenvalue weighted by molar-refractivity contribution is 6.33. The lowest BCUT2D eigenvalue weighted by molar-refractivity contribution is -0.384. The number of Topliss-reactive ketones (excluding diaryl/α,β-unsaturated/α-hetero) is 1. The van der Waals surface area contributed by atoms with Gasteiger partial charge in [-0.15, -0.1) is 0 Å². The van der Waals surface area contributed by atoms with Gasteiger partial charge in [0.15, 0.2) is 6.10 Å². The third-order valence-electron chi connectivity index (χ3n) is 4.08. The molecule has 6 nitrogen and oxygen atoms in total. The Hall–Kier alpha value is -3.22. The minimum atomic E-state index is -1.24. The number of non-ortho nitro benzene ring substituents is 1. The van der Waals surface area contributed by atoms with Gasteiger partial charge in [0.05, 0.1) is 15.5 Å². The number of halogens is 2.